The number of benzene rings is 2. The van der Waals surface area contributed by atoms with Crippen LogP contribution in [-0.2, 0) is 24.3 Å². The summed E-state index contributed by atoms with van der Waals surface area (Å²) in [5, 5.41) is 13.3. The molecule has 2 aromatic carbocycles. The monoisotopic (exact) mass is 497 g/mol. The second kappa shape index (κ2) is 10.2. The number of hydrogen-bond donors (Lipinski definition) is 1. The van der Waals surface area contributed by atoms with Crippen molar-refractivity contribution in [3.63, 3.8) is 0 Å². The Kier molecular flexibility index (Phi) is 7.57. The number of nitro groups is 1. The number of carbonyl (C=O) groups is 2. The summed E-state index contributed by atoms with van der Waals surface area (Å²) in [6.45, 7) is 0.783. The second-order valence-electron chi connectivity index (χ2n) is 7.67. The van der Waals surface area contributed by atoms with Gasteiger partial charge in [0.1, 0.15) is 16.5 Å². The molecule has 1 amide bonds. The summed E-state index contributed by atoms with van der Waals surface area (Å²) in [6.07, 6.45) is 0.140. The van der Waals surface area contributed by atoms with E-state index in [-0.39, 0.29) is 37.3 Å². The highest BCUT2D eigenvalue weighted by Gasteiger charge is 2.34. The largest absolute Gasteiger partial charge is 0.455 e. The number of nitrogens with one attached hydrogen (secondary N) is 1. The van der Waals surface area contributed by atoms with Gasteiger partial charge in [0.05, 0.1) is 16.5 Å². The number of anilines is 1. The molecule has 1 N–H and O–H groups in total. The van der Waals surface area contributed by atoms with E-state index in [1.54, 1.807) is 6.92 Å². The van der Waals surface area contributed by atoms with Gasteiger partial charge >= 0.3 is 5.97 Å². The van der Waals surface area contributed by atoms with E-state index in [1.807, 2.05) is 0 Å². The molecule has 10 nitrogen and oxygen atoms in total. The first kappa shape index (κ1) is 25.2. The molecular formula is C21H21F2N3O7S. The lowest BCUT2D eigenvalue weighted by molar-refractivity contribution is -0.384. The molecule has 34 heavy (non-hydrogen) atoms. The van der Waals surface area contributed by atoms with Crippen LogP contribution in [0.3, 0.4) is 0 Å². The van der Waals surface area contributed by atoms with Gasteiger partial charge in [0.2, 0.25) is 10.0 Å². The predicted molar refractivity (Wildman–Crippen MR) is 115 cm³/mol. The molecule has 1 aliphatic heterocycles. The van der Waals surface area contributed by atoms with Crippen molar-refractivity contribution in [3.05, 3.63) is 63.7 Å². The van der Waals surface area contributed by atoms with Crippen molar-refractivity contribution in [3.8, 4) is 0 Å². The summed E-state index contributed by atoms with van der Waals surface area (Å²) in [5.41, 5.74) is 0.574. The number of aryl methyl sites for hydroxylation is 1. The van der Waals surface area contributed by atoms with Gasteiger partial charge in [-0.2, -0.15) is 4.31 Å². The number of nitro benzene ring substituents is 1. The minimum Gasteiger partial charge on any atom is -0.455 e. The van der Waals surface area contributed by atoms with E-state index >= 15 is 0 Å². The van der Waals surface area contributed by atoms with E-state index in [9.17, 15) is 36.9 Å². The Morgan fingerprint density at radius 3 is 2.50 bits per heavy atom. The Hall–Kier alpha value is -3.45. The van der Waals surface area contributed by atoms with E-state index < -0.39 is 55.9 Å². The van der Waals surface area contributed by atoms with E-state index in [4.69, 9.17) is 4.74 Å². The van der Waals surface area contributed by atoms with Crippen LogP contribution in [0.5, 0.6) is 0 Å². The number of nitrogens with zero attached hydrogens (tertiary/aromatic N) is 2. The molecule has 0 spiro atoms. The normalized spacial score (nSPS) is 15.0. The Bertz CT molecular complexity index is 1230. The number of carbonyl (C=O) groups excluding carboxylic acids is 2. The summed E-state index contributed by atoms with van der Waals surface area (Å²) >= 11 is 0. The lowest BCUT2D eigenvalue weighted by Crippen LogP contribution is -2.41. The molecular weight excluding hydrogens is 476 g/mol. The van der Waals surface area contributed by atoms with E-state index in [0.29, 0.717) is 11.6 Å². The van der Waals surface area contributed by atoms with Gasteiger partial charge in [0, 0.05) is 25.2 Å². The van der Waals surface area contributed by atoms with Crippen LogP contribution in [0.2, 0.25) is 0 Å². The molecule has 1 heterocycles. The van der Waals surface area contributed by atoms with Crippen molar-refractivity contribution >= 4 is 33.3 Å². The molecule has 0 saturated carbocycles. The van der Waals surface area contributed by atoms with Crippen LogP contribution in [0.25, 0.3) is 0 Å². The number of amides is 1. The van der Waals surface area contributed by atoms with Gasteiger partial charge in [0.25, 0.3) is 11.6 Å². The number of halogens is 2. The van der Waals surface area contributed by atoms with Crippen LogP contribution in [0.15, 0.2) is 41.3 Å². The number of piperidine rings is 1. The summed E-state index contributed by atoms with van der Waals surface area (Å²) in [6, 6.07) is 6.09. The Morgan fingerprint density at radius 1 is 1.18 bits per heavy atom. The molecule has 182 valence electrons. The molecule has 1 aliphatic rings. The minimum absolute atomic E-state index is 0.0700. The number of ether oxygens (including phenoxy) is 1. The van der Waals surface area contributed by atoms with Crippen molar-refractivity contribution in [1.82, 2.24) is 4.31 Å². The smallest absolute Gasteiger partial charge is 0.309 e. The molecule has 0 aliphatic carbocycles. The summed E-state index contributed by atoms with van der Waals surface area (Å²) in [7, 11) is -4.28. The van der Waals surface area contributed by atoms with Gasteiger partial charge in [-0.25, -0.2) is 17.2 Å². The van der Waals surface area contributed by atoms with Crippen molar-refractivity contribution in [2.24, 2.45) is 5.92 Å². The van der Waals surface area contributed by atoms with Crippen molar-refractivity contribution < 1.29 is 36.4 Å². The Morgan fingerprint density at radius 2 is 1.85 bits per heavy atom. The van der Waals surface area contributed by atoms with Crippen molar-refractivity contribution in [1.29, 1.82) is 0 Å². The predicted octanol–water partition coefficient (Wildman–Crippen LogP) is 2.76. The van der Waals surface area contributed by atoms with Gasteiger partial charge in [-0.05, 0) is 43.5 Å². The molecule has 3 rings (SSSR count). The van der Waals surface area contributed by atoms with Gasteiger partial charge in [-0.1, -0.05) is 6.07 Å². The first-order chi connectivity index (χ1) is 16.0. The lowest BCUT2D eigenvalue weighted by Gasteiger charge is -2.30. The zero-order valence-corrected chi connectivity index (χ0v) is 18.8. The summed E-state index contributed by atoms with van der Waals surface area (Å²) in [5.74, 6) is -4.06. The average Bonchev–Trinajstić information content (AvgIpc) is 2.80. The van der Waals surface area contributed by atoms with Gasteiger partial charge < -0.3 is 10.1 Å². The number of rotatable bonds is 7. The third-order valence-electron chi connectivity index (χ3n) is 5.35. The zero-order valence-electron chi connectivity index (χ0n) is 18.0. The minimum atomic E-state index is -4.28. The van der Waals surface area contributed by atoms with E-state index in [0.717, 1.165) is 16.4 Å². The van der Waals surface area contributed by atoms with Gasteiger partial charge in [-0.15, -0.1) is 0 Å². The second-order valence-corrected chi connectivity index (χ2v) is 9.57. The molecule has 0 radical (unpaired) electrons. The summed E-state index contributed by atoms with van der Waals surface area (Å²) in [4.78, 5) is 33.9. The highest BCUT2D eigenvalue weighted by molar-refractivity contribution is 7.89. The van der Waals surface area contributed by atoms with Crippen LogP contribution >= 0.6 is 0 Å². The maximum Gasteiger partial charge on any atom is 0.309 e. The fraction of sp³-hybridized carbons (Fsp3) is 0.333. The highest BCUT2D eigenvalue weighted by Crippen LogP contribution is 2.27. The van der Waals surface area contributed by atoms with Crippen molar-refractivity contribution in [2.75, 3.05) is 25.0 Å². The molecule has 0 unspecified atom stereocenters. The Labute approximate surface area is 193 Å². The lowest BCUT2D eigenvalue weighted by atomic mass is 9.98. The standard InChI is InChI=1S/C21H21F2N3O7S/c1-13-2-4-16(26(29)30)11-18(13)24-20(27)12-33-21(28)14-6-8-25(9-7-14)34(31,32)19-10-15(22)3-5-17(19)23/h2-5,10-11,14H,6-9,12H2,1H3,(H,24,27). The fourth-order valence-electron chi connectivity index (χ4n) is 3.44. The molecule has 13 heteroatoms. The van der Waals surface area contributed by atoms with E-state index in [1.165, 1.54) is 18.2 Å². The average molecular weight is 497 g/mol. The quantitative estimate of drug-likeness (QED) is 0.353. The summed E-state index contributed by atoms with van der Waals surface area (Å²) < 4.78 is 58.6. The first-order valence-electron chi connectivity index (χ1n) is 10.2. The number of sulfonamides is 1. The van der Waals surface area contributed by atoms with Gasteiger partial charge in [-0.3, -0.25) is 19.7 Å². The zero-order chi connectivity index (χ0) is 25.0. The molecule has 0 bridgehead atoms. The molecule has 0 aromatic heterocycles. The van der Waals surface area contributed by atoms with Gasteiger partial charge in [0.15, 0.2) is 6.61 Å². The van der Waals surface area contributed by atoms with Crippen LogP contribution in [0.4, 0.5) is 20.2 Å². The molecule has 2 aromatic rings. The molecule has 1 fully saturated rings. The van der Waals surface area contributed by atoms with Crippen LogP contribution in [-0.4, -0.2) is 49.2 Å². The number of non-ortho nitro benzene ring substituents is 1. The van der Waals surface area contributed by atoms with Crippen LogP contribution < -0.4 is 5.32 Å². The third-order valence-corrected chi connectivity index (χ3v) is 7.26. The van der Waals surface area contributed by atoms with Crippen LogP contribution in [0.1, 0.15) is 18.4 Å². The topological polar surface area (TPSA) is 136 Å². The number of esters is 1. The SMILES string of the molecule is Cc1ccc([N+](=O)[O-])cc1NC(=O)COC(=O)C1CCN(S(=O)(=O)c2cc(F)ccc2F)CC1. The molecule has 1 saturated heterocycles. The van der Waals surface area contributed by atoms with Crippen molar-refractivity contribution in [2.45, 2.75) is 24.7 Å². The third kappa shape index (κ3) is 5.72. The van der Waals surface area contributed by atoms with E-state index in [2.05, 4.69) is 5.32 Å². The maximum atomic E-state index is 13.9. The first-order valence-corrected chi connectivity index (χ1v) is 11.6. The fourth-order valence-corrected chi connectivity index (χ4v) is 4.99. The highest BCUT2D eigenvalue weighted by atomic mass is 32.2. The molecule has 0 atom stereocenters. The maximum absolute atomic E-state index is 13.9. The number of hydrogen-bond acceptors (Lipinski definition) is 7. The Balaban J connectivity index is 1.53. The van der Waals surface area contributed by atoms with Crippen LogP contribution in [0, 0.1) is 34.6 Å².